The topological polar surface area (TPSA) is 237 Å². The van der Waals surface area contributed by atoms with Gasteiger partial charge in [-0.05, 0) is 116 Å². The summed E-state index contributed by atoms with van der Waals surface area (Å²) in [4.78, 5) is 72.8. The molecule has 0 spiro atoms. The van der Waals surface area contributed by atoms with Crippen LogP contribution in [-0.4, -0.2) is 96.7 Å². The van der Waals surface area contributed by atoms with E-state index in [1.165, 1.54) is 122 Å². The maximum Gasteiger partial charge on any atom is 0.472 e. The van der Waals surface area contributed by atoms with E-state index in [2.05, 4.69) is 94.5 Å². The van der Waals surface area contributed by atoms with Crippen molar-refractivity contribution >= 4 is 39.5 Å². The van der Waals surface area contributed by atoms with Gasteiger partial charge in [-0.1, -0.05) is 280 Å². The number of phosphoric acid groups is 2. The number of esters is 4. The molecule has 0 heterocycles. The van der Waals surface area contributed by atoms with Crippen LogP contribution < -0.4 is 0 Å². The molecule has 17 nitrogen and oxygen atoms in total. The molecule has 0 aromatic carbocycles. The van der Waals surface area contributed by atoms with E-state index in [0.29, 0.717) is 32.1 Å². The van der Waals surface area contributed by atoms with Gasteiger partial charge in [0, 0.05) is 25.7 Å². The van der Waals surface area contributed by atoms with Gasteiger partial charge in [0.15, 0.2) is 12.2 Å². The summed E-state index contributed by atoms with van der Waals surface area (Å²) < 4.78 is 68.4. The van der Waals surface area contributed by atoms with Crippen LogP contribution in [0.25, 0.3) is 0 Å². The first-order chi connectivity index (χ1) is 47.7. The number of aliphatic hydroxyl groups excluding tert-OH is 1. The van der Waals surface area contributed by atoms with Gasteiger partial charge < -0.3 is 33.8 Å². The highest BCUT2D eigenvalue weighted by atomic mass is 31.2. The Hall–Kier alpha value is -3.76. The lowest BCUT2D eigenvalue weighted by Crippen LogP contribution is -2.30. The van der Waals surface area contributed by atoms with Crippen molar-refractivity contribution < 1.29 is 80.2 Å². The van der Waals surface area contributed by atoms with Crippen molar-refractivity contribution in [2.45, 2.75) is 354 Å². The molecule has 19 heteroatoms. The zero-order valence-electron chi connectivity index (χ0n) is 62.0. The van der Waals surface area contributed by atoms with Gasteiger partial charge in [-0.15, -0.1) is 0 Å². The first-order valence-corrected chi connectivity index (χ1v) is 41.8. The highest BCUT2D eigenvalue weighted by Gasteiger charge is 2.30. The van der Waals surface area contributed by atoms with Crippen LogP contribution in [0, 0.1) is 0 Å². The highest BCUT2D eigenvalue weighted by molar-refractivity contribution is 7.47. The van der Waals surface area contributed by atoms with E-state index in [1.807, 2.05) is 18.2 Å². The van der Waals surface area contributed by atoms with Crippen LogP contribution in [0.2, 0.25) is 0 Å². The number of rotatable bonds is 73. The van der Waals surface area contributed by atoms with Crippen molar-refractivity contribution in [1.29, 1.82) is 0 Å². The summed E-state index contributed by atoms with van der Waals surface area (Å²) in [7, 11) is -9.97. The van der Waals surface area contributed by atoms with Gasteiger partial charge in [-0.3, -0.25) is 37.3 Å². The average Bonchev–Trinajstić information content (AvgIpc) is 0.982. The van der Waals surface area contributed by atoms with E-state index < -0.39 is 97.5 Å². The lowest BCUT2D eigenvalue weighted by Gasteiger charge is -2.21. The number of carbonyl (C=O) groups excluding carboxylic acids is 4. The maximum atomic E-state index is 13.1. The van der Waals surface area contributed by atoms with Gasteiger partial charge in [-0.2, -0.15) is 0 Å². The Morgan fingerprint density at radius 1 is 0.286 bits per heavy atom. The van der Waals surface area contributed by atoms with E-state index in [4.69, 9.17) is 37.0 Å². The third kappa shape index (κ3) is 70.7. The van der Waals surface area contributed by atoms with Crippen molar-refractivity contribution in [2.24, 2.45) is 0 Å². The molecule has 0 aliphatic rings. The molecule has 3 N–H and O–H groups in total. The fraction of sp³-hybridized carbons (Fsp3) is 0.772. The molecular formula is C79H140O17P2. The molecule has 0 bridgehead atoms. The average molecular weight is 1420 g/mol. The minimum Gasteiger partial charge on any atom is -0.462 e. The van der Waals surface area contributed by atoms with Gasteiger partial charge in [0.25, 0.3) is 0 Å². The van der Waals surface area contributed by atoms with Gasteiger partial charge in [0.2, 0.25) is 0 Å². The van der Waals surface area contributed by atoms with Crippen molar-refractivity contribution in [2.75, 3.05) is 39.6 Å². The van der Waals surface area contributed by atoms with E-state index >= 15 is 0 Å². The fourth-order valence-corrected chi connectivity index (χ4v) is 11.9. The molecule has 0 fully saturated rings. The van der Waals surface area contributed by atoms with Gasteiger partial charge in [0.1, 0.15) is 19.3 Å². The molecule has 0 aliphatic heterocycles. The predicted octanol–water partition coefficient (Wildman–Crippen LogP) is 22.2. The third-order valence-corrected chi connectivity index (χ3v) is 18.2. The molecule has 98 heavy (non-hydrogen) atoms. The number of carbonyl (C=O) groups is 4. The van der Waals surface area contributed by atoms with Crippen LogP contribution in [0.5, 0.6) is 0 Å². The van der Waals surface area contributed by atoms with Gasteiger partial charge >= 0.3 is 39.5 Å². The first-order valence-electron chi connectivity index (χ1n) is 38.8. The van der Waals surface area contributed by atoms with Crippen LogP contribution >= 0.6 is 15.6 Å². The molecule has 0 aromatic rings. The van der Waals surface area contributed by atoms with Crippen LogP contribution in [0.1, 0.15) is 336 Å². The standard InChI is InChI=1S/C79H140O17P2/c1-5-9-13-17-21-25-29-33-34-35-36-37-38-42-46-50-54-58-62-66-79(84)96-75(70-90-77(82)64-60-56-52-48-44-40-31-27-23-19-15-11-7-3)72-94-98(87,88)92-68-73(80)67-91-97(85,86)93-71-74(95-78(83)65-61-57-53-49-45-41-32-28-24-20-16-12-8-4)69-89-76(81)63-59-55-51-47-43-39-30-26-22-18-14-10-6-2/h21,25-27,30-31,33-34,36-37,42,46,54,58,73-75,80H,5-20,22-24,28-29,32,35,38-41,43-45,47-53,55-57,59-72H2,1-4H3,(H,85,86)(H,87,88)/b25-21-,30-26-,31-27-,34-33-,37-36-,46-42-,58-54-/t73-,74+,75+/m0/s1. The molecule has 0 radical (unpaired) electrons. The predicted molar refractivity (Wildman–Crippen MR) is 399 cm³/mol. The van der Waals surface area contributed by atoms with Crippen LogP contribution in [0.3, 0.4) is 0 Å². The second-order valence-electron chi connectivity index (χ2n) is 25.9. The molecule has 568 valence electrons. The Morgan fingerprint density at radius 2 is 0.520 bits per heavy atom. The number of hydrogen-bond donors (Lipinski definition) is 3. The molecular weight excluding hydrogens is 1280 g/mol. The minimum atomic E-state index is -4.99. The molecule has 2 unspecified atom stereocenters. The molecule has 5 atom stereocenters. The number of ether oxygens (including phenoxy) is 4. The third-order valence-electron chi connectivity index (χ3n) is 16.3. The number of aliphatic hydroxyl groups is 1. The Morgan fingerprint density at radius 3 is 0.867 bits per heavy atom. The maximum absolute atomic E-state index is 13.1. The molecule has 0 rings (SSSR count). The Kier molecular flexibility index (Phi) is 68.9. The van der Waals surface area contributed by atoms with Crippen molar-refractivity contribution in [3.05, 3.63) is 85.1 Å². The van der Waals surface area contributed by atoms with Crippen LogP contribution in [0.4, 0.5) is 0 Å². The minimum absolute atomic E-state index is 0.0285. The summed E-state index contributed by atoms with van der Waals surface area (Å²) in [5, 5.41) is 10.6. The number of allylic oxidation sites excluding steroid dienone is 14. The SMILES string of the molecule is CCCCC/C=C\C/C=C\C/C=C\C/C=C\C/C=C\CCC(=O)O[C@H](COC(=O)CCCCCCC/C=C\CCCCCC)COP(=O)(O)OC[C@@H](O)COP(=O)(O)OC[C@@H](COC(=O)CCCCCCC/C=C\CCCCCC)OC(=O)CCCCCCCCCCCCCCC. The second-order valence-corrected chi connectivity index (χ2v) is 28.9. The number of phosphoric ester groups is 2. The zero-order chi connectivity index (χ0) is 71.8. The summed E-state index contributed by atoms with van der Waals surface area (Å²) in [6.45, 7) is 4.74. The van der Waals surface area contributed by atoms with Crippen molar-refractivity contribution in [3.8, 4) is 0 Å². The second kappa shape index (κ2) is 71.6. The molecule has 0 saturated heterocycles. The van der Waals surface area contributed by atoms with E-state index in [0.717, 1.165) is 128 Å². The summed E-state index contributed by atoms with van der Waals surface area (Å²) in [6, 6.07) is 0. The summed E-state index contributed by atoms with van der Waals surface area (Å²) in [6.07, 6.45) is 73.0. The fourth-order valence-electron chi connectivity index (χ4n) is 10.4. The van der Waals surface area contributed by atoms with Crippen LogP contribution in [-0.2, 0) is 65.4 Å². The lowest BCUT2D eigenvalue weighted by atomic mass is 10.0. The van der Waals surface area contributed by atoms with Crippen molar-refractivity contribution in [1.82, 2.24) is 0 Å². The van der Waals surface area contributed by atoms with Crippen LogP contribution in [0.15, 0.2) is 85.1 Å². The van der Waals surface area contributed by atoms with E-state index in [-0.39, 0.29) is 25.7 Å². The molecule has 0 amide bonds. The normalized spacial score (nSPS) is 14.4. The first kappa shape index (κ1) is 94.2. The van der Waals surface area contributed by atoms with Gasteiger partial charge in [0.05, 0.1) is 26.4 Å². The lowest BCUT2D eigenvalue weighted by molar-refractivity contribution is -0.161. The van der Waals surface area contributed by atoms with Gasteiger partial charge in [-0.25, -0.2) is 9.13 Å². The number of hydrogen-bond acceptors (Lipinski definition) is 15. The molecule has 0 aromatic heterocycles. The van der Waals surface area contributed by atoms with Crippen molar-refractivity contribution in [3.63, 3.8) is 0 Å². The van der Waals surface area contributed by atoms with E-state index in [9.17, 15) is 43.2 Å². The van der Waals surface area contributed by atoms with E-state index in [1.54, 1.807) is 0 Å². The Balaban J connectivity index is 5.40. The Labute approximate surface area is 595 Å². The highest BCUT2D eigenvalue weighted by Crippen LogP contribution is 2.45. The monoisotopic (exact) mass is 1420 g/mol. The quantitative estimate of drug-likeness (QED) is 0.0169. The largest absolute Gasteiger partial charge is 0.472 e. The smallest absolute Gasteiger partial charge is 0.462 e. The summed E-state index contributed by atoms with van der Waals surface area (Å²) >= 11 is 0. The summed E-state index contributed by atoms with van der Waals surface area (Å²) in [5.41, 5.74) is 0. The molecule has 0 saturated carbocycles. The molecule has 0 aliphatic carbocycles. The zero-order valence-corrected chi connectivity index (χ0v) is 63.7. The Bertz CT molecular complexity index is 2190. The number of unbranched alkanes of at least 4 members (excludes halogenated alkanes) is 33. The summed E-state index contributed by atoms with van der Waals surface area (Å²) in [5.74, 6) is -2.27.